The minimum atomic E-state index is 0. The van der Waals surface area contributed by atoms with Gasteiger partial charge >= 0.3 is 0 Å². The lowest BCUT2D eigenvalue weighted by atomic mass is 10.3. The van der Waals surface area contributed by atoms with Gasteiger partial charge in [-0.25, -0.2) is 0 Å². The summed E-state index contributed by atoms with van der Waals surface area (Å²) in [6.45, 7) is 1.63. The number of hydrogen-bond donors (Lipinski definition) is 1. The van der Waals surface area contributed by atoms with Crippen molar-refractivity contribution < 1.29 is 6.16 Å². The molecule has 38 valence electrons. The summed E-state index contributed by atoms with van der Waals surface area (Å²) in [5.41, 5.74) is 5.41. The highest BCUT2D eigenvalue weighted by Crippen LogP contribution is 1.98. The Morgan fingerprint density at radius 1 is 1.83 bits per heavy atom. The zero-order chi connectivity index (χ0) is 4.41. The van der Waals surface area contributed by atoms with E-state index in [1.807, 2.05) is 0 Å². The van der Waals surface area contributed by atoms with Crippen LogP contribution < -0.4 is 5.73 Å². The second-order valence-electron chi connectivity index (χ2n) is 1.62. The van der Waals surface area contributed by atoms with Crippen molar-refractivity contribution >= 4 is 0 Å². The van der Waals surface area contributed by atoms with Crippen molar-refractivity contribution in [2.24, 2.45) is 5.73 Å². The fourth-order valence-electron chi connectivity index (χ4n) is 0.553. The van der Waals surface area contributed by atoms with Gasteiger partial charge in [0.25, 0.3) is 0 Å². The van der Waals surface area contributed by atoms with Crippen LogP contribution in [0, 0.1) is 0 Å². The summed E-state index contributed by atoms with van der Waals surface area (Å²) in [4.78, 5) is 0. The average Bonchev–Trinajstić information content (AvgIpc) is 1.86. The van der Waals surface area contributed by atoms with Crippen molar-refractivity contribution in [2.45, 2.75) is 12.5 Å². The molecule has 1 aliphatic rings. The third-order valence-electron chi connectivity index (χ3n) is 0.965. The lowest BCUT2D eigenvalue weighted by Crippen LogP contribution is -2.18. The Morgan fingerprint density at radius 2 is 2.67 bits per heavy atom. The Balaban J connectivity index is 0.000000360. The highest BCUT2D eigenvalue weighted by Gasteiger charge is 2.07. The summed E-state index contributed by atoms with van der Waals surface area (Å²) in [5, 5.41) is 0. The lowest BCUT2D eigenvalue weighted by Gasteiger charge is -1.90. The molecule has 0 spiro atoms. The Morgan fingerprint density at radius 3 is 2.83 bits per heavy atom. The van der Waals surface area contributed by atoms with Crippen LogP contribution in [-0.4, -0.2) is 19.3 Å². The molecule has 1 saturated heterocycles. The highest BCUT2D eigenvalue weighted by molar-refractivity contribution is 4.64. The van der Waals surface area contributed by atoms with Gasteiger partial charge in [-0.3, -0.25) is 0 Å². The van der Waals surface area contributed by atoms with E-state index in [0.29, 0.717) is 6.04 Å². The van der Waals surface area contributed by atoms with Crippen LogP contribution in [0.4, 0.5) is 0 Å². The normalized spacial score (nSPS) is 34.5. The molecular formula is C4H11NO. The van der Waals surface area contributed by atoms with Crippen molar-refractivity contribution in [2.75, 3.05) is 13.2 Å². The average molecular weight is 89.1 g/mol. The van der Waals surface area contributed by atoms with Gasteiger partial charge in [-0.05, 0) is 6.42 Å². The summed E-state index contributed by atoms with van der Waals surface area (Å²) >= 11 is 0. The predicted molar refractivity (Wildman–Crippen MR) is 25.5 cm³/mol. The molecular weight excluding hydrogens is 78.0 g/mol. The quantitative estimate of drug-likeness (QED) is 0.452. The van der Waals surface area contributed by atoms with E-state index in [9.17, 15) is 0 Å². The third-order valence-corrected chi connectivity index (χ3v) is 0.965. The van der Waals surface area contributed by atoms with Gasteiger partial charge in [0.15, 0.2) is 0 Å². The molecule has 0 aromatic carbocycles. The highest BCUT2D eigenvalue weighted by atomic mass is 16.5. The molecule has 0 radical (unpaired) electrons. The summed E-state index contributed by atoms with van der Waals surface area (Å²) in [5.74, 6) is 0. The topological polar surface area (TPSA) is 35.2 Å². The molecule has 2 nitrogen and oxygen atoms in total. The van der Waals surface area contributed by atoms with E-state index in [2.05, 4.69) is 0 Å². The summed E-state index contributed by atoms with van der Waals surface area (Å²) in [6, 6.07) is 0.324. The smallest absolute Gasteiger partial charge is 0.0618 e. The van der Waals surface area contributed by atoms with E-state index < -0.39 is 0 Å². The van der Waals surface area contributed by atoms with E-state index in [1.165, 1.54) is 0 Å². The fraction of sp³-hybridized carbons (Fsp3) is 1.00. The van der Waals surface area contributed by atoms with Gasteiger partial charge in [-0.2, -0.15) is 0 Å². The number of hydrogen-bond acceptors (Lipinski definition) is 2. The van der Waals surface area contributed by atoms with Gasteiger partial charge in [0, 0.05) is 14.1 Å². The molecule has 0 aliphatic carbocycles. The molecule has 1 rings (SSSR count). The molecule has 1 unspecified atom stereocenters. The largest absolute Gasteiger partial charge is 0.380 e. The molecule has 1 atom stereocenters. The van der Waals surface area contributed by atoms with Crippen LogP contribution >= 0.6 is 0 Å². The van der Waals surface area contributed by atoms with Crippen molar-refractivity contribution in [3.05, 3.63) is 0 Å². The van der Waals surface area contributed by atoms with Gasteiger partial charge in [0.1, 0.15) is 0 Å². The molecule has 1 heterocycles. The summed E-state index contributed by atoms with van der Waals surface area (Å²) < 4.78 is 4.93. The zero-order valence-corrected chi connectivity index (χ0v) is 3.68. The predicted octanol–water partition coefficient (Wildman–Crippen LogP) is -0.0200. The van der Waals surface area contributed by atoms with Crippen molar-refractivity contribution in [3.63, 3.8) is 0 Å². The molecule has 0 aromatic rings. The standard InChI is InChI=1S/C4H9NO.H2/c5-4-1-2-6-3-4;/h4H,1-3,5H2;1H. The molecule has 1 fully saturated rings. The molecule has 1 aliphatic heterocycles. The van der Waals surface area contributed by atoms with Crippen LogP contribution in [0.25, 0.3) is 0 Å². The third kappa shape index (κ3) is 0.698. The van der Waals surface area contributed by atoms with Crippen LogP contribution in [0.15, 0.2) is 0 Å². The van der Waals surface area contributed by atoms with E-state index >= 15 is 0 Å². The fourth-order valence-corrected chi connectivity index (χ4v) is 0.553. The molecule has 0 saturated carbocycles. The van der Waals surface area contributed by atoms with Gasteiger partial charge in [0.2, 0.25) is 0 Å². The molecule has 0 amide bonds. The van der Waals surface area contributed by atoms with Crippen LogP contribution in [0.5, 0.6) is 0 Å². The monoisotopic (exact) mass is 89.1 g/mol. The Kier molecular flexibility index (Phi) is 1.08. The lowest BCUT2D eigenvalue weighted by molar-refractivity contribution is 0.194. The van der Waals surface area contributed by atoms with Gasteiger partial charge in [0.05, 0.1) is 6.61 Å². The first-order valence-corrected chi connectivity index (χ1v) is 2.23. The van der Waals surface area contributed by atoms with E-state index in [4.69, 9.17) is 10.5 Å². The zero-order valence-electron chi connectivity index (χ0n) is 3.68. The Hall–Kier alpha value is -0.0800. The number of nitrogens with two attached hydrogens (primary N) is 1. The summed E-state index contributed by atoms with van der Waals surface area (Å²) in [6.07, 6.45) is 1.04. The van der Waals surface area contributed by atoms with E-state index in [0.717, 1.165) is 19.6 Å². The SMILES string of the molecule is NC1CCOC1.[HH]. The first kappa shape index (κ1) is 4.09. The molecule has 0 bridgehead atoms. The van der Waals surface area contributed by atoms with Crippen molar-refractivity contribution in [1.82, 2.24) is 0 Å². The molecule has 0 aromatic heterocycles. The van der Waals surface area contributed by atoms with Gasteiger partial charge in [-0.15, -0.1) is 0 Å². The number of ether oxygens (including phenoxy) is 1. The maximum Gasteiger partial charge on any atom is 0.0618 e. The molecule has 6 heavy (non-hydrogen) atoms. The van der Waals surface area contributed by atoms with Crippen LogP contribution in [0.2, 0.25) is 0 Å². The Bertz CT molecular complexity index is 45.0. The van der Waals surface area contributed by atoms with E-state index in [-0.39, 0.29) is 1.43 Å². The van der Waals surface area contributed by atoms with E-state index in [1.54, 1.807) is 0 Å². The second-order valence-corrected chi connectivity index (χ2v) is 1.62. The second kappa shape index (κ2) is 1.58. The van der Waals surface area contributed by atoms with Gasteiger partial charge < -0.3 is 10.5 Å². The van der Waals surface area contributed by atoms with Crippen molar-refractivity contribution in [3.8, 4) is 0 Å². The van der Waals surface area contributed by atoms with Crippen LogP contribution in [0.3, 0.4) is 0 Å². The maximum absolute atomic E-state index is 5.41. The number of rotatable bonds is 0. The van der Waals surface area contributed by atoms with Crippen LogP contribution in [0.1, 0.15) is 7.85 Å². The van der Waals surface area contributed by atoms with Crippen molar-refractivity contribution in [1.29, 1.82) is 0 Å². The Labute approximate surface area is 38.8 Å². The van der Waals surface area contributed by atoms with Crippen LogP contribution in [-0.2, 0) is 4.74 Å². The first-order valence-electron chi connectivity index (χ1n) is 2.23. The first-order chi connectivity index (χ1) is 2.89. The minimum Gasteiger partial charge on any atom is -0.380 e. The van der Waals surface area contributed by atoms with Gasteiger partial charge in [-0.1, -0.05) is 0 Å². The maximum atomic E-state index is 5.41. The summed E-state index contributed by atoms with van der Waals surface area (Å²) in [7, 11) is 0. The minimum absolute atomic E-state index is 0. The molecule has 2 N–H and O–H groups in total. The molecule has 2 heteroatoms.